The van der Waals surface area contributed by atoms with Gasteiger partial charge in [0.15, 0.2) is 5.13 Å². The molecule has 4 rings (SSSR count). The van der Waals surface area contributed by atoms with Crippen molar-refractivity contribution in [3.8, 4) is 22.8 Å². The minimum atomic E-state index is -0.0312. The molecule has 7 heteroatoms. The quantitative estimate of drug-likeness (QED) is 0.603. The van der Waals surface area contributed by atoms with Gasteiger partial charge in [-0.1, -0.05) is 23.5 Å². The Balaban J connectivity index is 1.33. The van der Waals surface area contributed by atoms with Crippen LogP contribution in [0.3, 0.4) is 0 Å². The highest BCUT2D eigenvalue weighted by Crippen LogP contribution is 2.40. The molecule has 0 radical (unpaired) electrons. The first-order valence-corrected chi connectivity index (χ1v) is 10.3. The summed E-state index contributed by atoms with van der Waals surface area (Å²) in [4.78, 5) is 19.0. The van der Waals surface area contributed by atoms with Crippen molar-refractivity contribution < 1.29 is 14.3 Å². The fourth-order valence-electron chi connectivity index (χ4n) is 2.76. The lowest BCUT2D eigenvalue weighted by atomic mass is 10.1. The van der Waals surface area contributed by atoms with Crippen LogP contribution in [0.4, 0.5) is 5.13 Å². The molecular formula is C20H18N2O3S2. The topological polar surface area (TPSA) is 60.5 Å². The maximum absolute atomic E-state index is 12.3. The van der Waals surface area contributed by atoms with E-state index in [-0.39, 0.29) is 5.91 Å². The Labute approximate surface area is 165 Å². The summed E-state index contributed by atoms with van der Waals surface area (Å²) in [5.41, 5.74) is 1.88. The molecule has 0 bridgehead atoms. The van der Waals surface area contributed by atoms with Crippen molar-refractivity contribution >= 4 is 34.1 Å². The number of hydrogen-bond donors (Lipinski definition) is 1. The Morgan fingerprint density at radius 3 is 2.89 bits per heavy atom. The second kappa shape index (κ2) is 8.02. The van der Waals surface area contributed by atoms with Crippen LogP contribution in [-0.2, 0) is 11.4 Å². The molecule has 1 aliphatic rings. The number of methoxy groups -OCH3 is 1. The Morgan fingerprint density at radius 2 is 2.07 bits per heavy atom. The third-order valence-electron chi connectivity index (χ3n) is 4.10. The van der Waals surface area contributed by atoms with Crippen molar-refractivity contribution in [2.24, 2.45) is 0 Å². The molecule has 1 N–H and O–H groups in total. The van der Waals surface area contributed by atoms with Gasteiger partial charge in [0.2, 0.25) is 5.91 Å². The van der Waals surface area contributed by atoms with Crippen molar-refractivity contribution in [3.63, 3.8) is 0 Å². The van der Waals surface area contributed by atoms with Crippen molar-refractivity contribution in [1.29, 1.82) is 0 Å². The van der Waals surface area contributed by atoms with Crippen LogP contribution >= 0.6 is 23.1 Å². The van der Waals surface area contributed by atoms with Crippen LogP contribution in [0.15, 0.2) is 53.4 Å². The first kappa shape index (κ1) is 17.9. The number of thioether (sulfide) groups is 1. The molecule has 5 nitrogen and oxygen atoms in total. The molecule has 138 valence electrons. The highest BCUT2D eigenvalue weighted by Gasteiger charge is 2.22. The lowest BCUT2D eigenvalue weighted by Crippen LogP contribution is -2.11. The maximum atomic E-state index is 12.3. The van der Waals surface area contributed by atoms with Crippen molar-refractivity contribution in [1.82, 2.24) is 4.98 Å². The van der Waals surface area contributed by atoms with E-state index in [0.29, 0.717) is 23.9 Å². The molecule has 2 heterocycles. The number of fused-ring (bicyclic) bond motifs is 3. The number of carbonyl (C=O) groups is 1. The summed E-state index contributed by atoms with van der Waals surface area (Å²) in [6.07, 6.45) is 0.425. The predicted molar refractivity (Wildman–Crippen MR) is 109 cm³/mol. The van der Waals surface area contributed by atoms with Crippen LogP contribution < -0.4 is 14.8 Å². The van der Waals surface area contributed by atoms with Crippen molar-refractivity contribution in [2.45, 2.75) is 17.9 Å². The van der Waals surface area contributed by atoms with Gasteiger partial charge in [-0.15, -0.1) is 11.8 Å². The van der Waals surface area contributed by atoms with E-state index in [0.717, 1.165) is 32.5 Å². The maximum Gasteiger partial charge on any atom is 0.226 e. The molecule has 1 aliphatic heterocycles. The number of nitrogens with one attached hydrogen (secondary N) is 1. The molecule has 0 atom stereocenters. The van der Waals surface area contributed by atoms with Crippen LogP contribution in [0.25, 0.3) is 11.3 Å². The highest BCUT2D eigenvalue weighted by atomic mass is 32.2. The second-order valence-corrected chi connectivity index (χ2v) is 8.15. The normalized spacial score (nSPS) is 11.9. The van der Waals surface area contributed by atoms with Gasteiger partial charge in [0.05, 0.1) is 17.7 Å². The molecule has 27 heavy (non-hydrogen) atoms. The van der Waals surface area contributed by atoms with E-state index in [4.69, 9.17) is 9.47 Å². The Hall–Kier alpha value is -2.51. The van der Waals surface area contributed by atoms with Crippen molar-refractivity contribution in [2.75, 3.05) is 18.2 Å². The number of para-hydroxylation sites is 1. The summed E-state index contributed by atoms with van der Waals surface area (Å²) in [6.45, 7) is 0.493. The van der Waals surface area contributed by atoms with E-state index < -0.39 is 0 Å². The van der Waals surface area contributed by atoms with E-state index in [1.54, 1.807) is 18.9 Å². The zero-order valence-electron chi connectivity index (χ0n) is 14.7. The van der Waals surface area contributed by atoms with E-state index in [9.17, 15) is 4.79 Å². The summed E-state index contributed by atoms with van der Waals surface area (Å²) in [5.74, 6) is 2.34. The first-order chi connectivity index (χ1) is 13.2. The van der Waals surface area contributed by atoms with Gasteiger partial charge in [-0.25, -0.2) is 4.98 Å². The lowest BCUT2D eigenvalue weighted by molar-refractivity contribution is -0.115. The average molecular weight is 399 g/mol. The average Bonchev–Trinajstić information content (AvgIpc) is 3.11. The fraction of sp³-hybridized carbons (Fsp3) is 0.200. The number of ether oxygens (including phenoxy) is 2. The number of thiazole rings is 1. The predicted octanol–water partition coefficient (Wildman–Crippen LogP) is 4.83. The zero-order chi connectivity index (χ0) is 18.6. The van der Waals surface area contributed by atoms with Gasteiger partial charge >= 0.3 is 0 Å². The number of aromatic nitrogens is 1. The summed E-state index contributed by atoms with van der Waals surface area (Å²) >= 11 is 3.12. The minimum absolute atomic E-state index is 0.0312. The van der Waals surface area contributed by atoms with Crippen molar-refractivity contribution in [3.05, 3.63) is 53.4 Å². The molecule has 0 fully saturated rings. The van der Waals surface area contributed by atoms with Crippen LogP contribution in [0, 0.1) is 0 Å². The number of amides is 1. The molecule has 1 amide bonds. The van der Waals surface area contributed by atoms with Crippen LogP contribution in [0.5, 0.6) is 11.5 Å². The number of anilines is 1. The highest BCUT2D eigenvalue weighted by molar-refractivity contribution is 7.99. The van der Waals surface area contributed by atoms with Crippen LogP contribution in [0.2, 0.25) is 0 Å². The monoisotopic (exact) mass is 398 g/mol. The minimum Gasteiger partial charge on any atom is -0.497 e. The SMILES string of the molecule is COc1ccc(SCCC(=O)Nc2nc3c(s2)COc2ccccc2-3)cc1. The number of benzene rings is 2. The standard InChI is InChI=1S/C20H18N2O3S2/c1-24-13-6-8-14(9-7-13)26-11-10-18(23)21-20-22-19-15-4-2-3-5-16(15)25-12-17(19)27-20/h2-9H,10-12H2,1H3,(H,21,22,23). The lowest BCUT2D eigenvalue weighted by Gasteiger charge is -2.15. The van der Waals surface area contributed by atoms with E-state index in [2.05, 4.69) is 10.3 Å². The molecular weight excluding hydrogens is 380 g/mol. The molecule has 0 unspecified atom stereocenters. The van der Waals surface area contributed by atoms with Gasteiger partial charge < -0.3 is 14.8 Å². The number of carbonyl (C=O) groups excluding carboxylic acids is 1. The van der Waals surface area contributed by atoms with Gasteiger partial charge in [0, 0.05) is 22.6 Å². The number of nitrogens with zero attached hydrogens (tertiary/aromatic N) is 1. The third kappa shape index (κ3) is 4.09. The molecule has 3 aromatic rings. The molecule has 0 spiro atoms. The fourth-order valence-corrected chi connectivity index (χ4v) is 4.52. The Kier molecular flexibility index (Phi) is 5.31. The van der Waals surface area contributed by atoms with Crippen LogP contribution in [0.1, 0.15) is 11.3 Å². The molecule has 1 aromatic heterocycles. The van der Waals surface area contributed by atoms with E-state index in [1.807, 2.05) is 48.5 Å². The van der Waals surface area contributed by atoms with Crippen LogP contribution in [-0.4, -0.2) is 23.8 Å². The summed E-state index contributed by atoms with van der Waals surface area (Å²) in [7, 11) is 1.65. The van der Waals surface area contributed by atoms with Gasteiger partial charge in [0.25, 0.3) is 0 Å². The first-order valence-electron chi connectivity index (χ1n) is 8.51. The summed E-state index contributed by atoms with van der Waals surface area (Å²) in [6, 6.07) is 15.7. The number of hydrogen-bond acceptors (Lipinski definition) is 6. The van der Waals surface area contributed by atoms with E-state index in [1.165, 1.54) is 11.3 Å². The largest absolute Gasteiger partial charge is 0.497 e. The van der Waals surface area contributed by atoms with Gasteiger partial charge in [-0.3, -0.25) is 4.79 Å². The zero-order valence-corrected chi connectivity index (χ0v) is 16.4. The van der Waals surface area contributed by atoms with Gasteiger partial charge in [-0.2, -0.15) is 0 Å². The molecule has 2 aromatic carbocycles. The summed E-state index contributed by atoms with van der Waals surface area (Å²) < 4.78 is 10.9. The molecule has 0 aliphatic carbocycles. The molecule has 0 saturated heterocycles. The van der Waals surface area contributed by atoms with Gasteiger partial charge in [-0.05, 0) is 36.4 Å². The smallest absolute Gasteiger partial charge is 0.226 e. The summed E-state index contributed by atoms with van der Waals surface area (Å²) in [5, 5.41) is 3.54. The Bertz CT molecular complexity index is 954. The number of rotatable bonds is 6. The van der Waals surface area contributed by atoms with E-state index >= 15 is 0 Å². The van der Waals surface area contributed by atoms with Gasteiger partial charge in [0.1, 0.15) is 18.1 Å². The third-order valence-corrected chi connectivity index (χ3v) is 6.06. The Morgan fingerprint density at radius 1 is 1.26 bits per heavy atom. The second-order valence-electron chi connectivity index (χ2n) is 5.90. The molecule has 0 saturated carbocycles.